The Labute approximate surface area is 199 Å². The summed E-state index contributed by atoms with van der Waals surface area (Å²) in [4.78, 5) is 31.0. The van der Waals surface area contributed by atoms with Crippen LogP contribution in [0.4, 0.5) is 10.1 Å². The molecule has 10 heteroatoms. The number of nitrogens with one attached hydrogen (secondary N) is 2. The molecule has 2 spiro atoms. The zero-order chi connectivity index (χ0) is 23.4. The molecule has 0 aliphatic carbocycles. The maximum atomic E-state index is 15.5. The molecule has 7 nitrogen and oxygen atoms in total. The third-order valence-electron chi connectivity index (χ3n) is 7.10. The van der Waals surface area contributed by atoms with Gasteiger partial charge in [0.2, 0.25) is 5.91 Å². The molecule has 0 bridgehead atoms. The van der Waals surface area contributed by atoms with Crippen molar-refractivity contribution in [3.63, 3.8) is 0 Å². The van der Waals surface area contributed by atoms with E-state index in [1.54, 1.807) is 25.1 Å². The molecule has 1 aromatic carbocycles. The first-order valence-corrected chi connectivity index (χ1v) is 11.5. The van der Waals surface area contributed by atoms with E-state index in [1.165, 1.54) is 12.3 Å². The minimum atomic E-state index is -1.33. The summed E-state index contributed by atoms with van der Waals surface area (Å²) in [7, 11) is 0. The number of hydrogen-bond acceptors (Lipinski definition) is 6. The van der Waals surface area contributed by atoms with Crippen molar-refractivity contribution < 1.29 is 23.5 Å². The summed E-state index contributed by atoms with van der Waals surface area (Å²) in [5, 5.41) is 6.49. The van der Waals surface area contributed by atoms with Gasteiger partial charge in [-0.15, -0.1) is 0 Å². The predicted octanol–water partition coefficient (Wildman–Crippen LogP) is 3.59. The Balaban J connectivity index is 1.83. The molecule has 2 fully saturated rings. The van der Waals surface area contributed by atoms with Gasteiger partial charge in [0.15, 0.2) is 11.0 Å². The number of aromatic nitrogens is 1. The molecule has 0 radical (unpaired) electrons. The molecule has 2 N–H and O–H groups in total. The lowest BCUT2D eigenvalue weighted by Crippen LogP contribution is -2.61. The molecule has 174 valence electrons. The Hall–Kier alpha value is -2.26. The summed E-state index contributed by atoms with van der Waals surface area (Å²) in [6.07, 6.45) is 2.26. The van der Waals surface area contributed by atoms with Crippen molar-refractivity contribution in [2.75, 3.05) is 25.1 Å². The van der Waals surface area contributed by atoms with Crippen molar-refractivity contribution in [1.82, 2.24) is 10.3 Å². The van der Waals surface area contributed by atoms with Gasteiger partial charge in [0.05, 0.1) is 6.61 Å². The van der Waals surface area contributed by atoms with Gasteiger partial charge >= 0.3 is 5.97 Å². The van der Waals surface area contributed by atoms with Crippen molar-refractivity contribution in [1.29, 1.82) is 0 Å². The van der Waals surface area contributed by atoms with Gasteiger partial charge in [0.1, 0.15) is 11.5 Å². The van der Waals surface area contributed by atoms with Crippen LogP contribution in [0.25, 0.3) is 0 Å². The lowest BCUT2D eigenvalue weighted by Gasteiger charge is -2.46. The molecule has 33 heavy (non-hydrogen) atoms. The molecule has 3 aliphatic rings. The minimum absolute atomic E-state index is 0.127. The third kappa shape index (κ3) is 3.11. The van der Waals surface area contributed by atoms with E-state index in [0.29, 0.717) is 42.3 Å². The Morgan fingerprint density at radius 2 is 2.06 bits per heavy atom. The predicted molar refractivity (Wildman–Crippen MR) is 120 cm³/mol. The molecule has 1 amide bonds. The van der Waals surface area contributed by atoms with Gasteiger partial charge in [-0.05, 0) is 49.1 Å². The maximum absolute atomic E-state index is 15.5. The van der Waals surface area contributed by atoms with Crippen LogP contribution in [0.3, 0.4) is 0 Å². The summed E-state index contributed by atoms with van der Waals surface area (Å²) in [5.74, 6) is -2.61. The van der Waals surface area contributed by atoms with E-state index in [9.17, 15) is 9.59 Å². The molecule has 4 heterocycles. The van der Waals surface area contributed by atoms with Crippen LogP contribution in [0, 0.1) is 5.82 Å². The number of rotatable bonds is 3. The van der Waals surface area contributed by atoms with Gasteiger partial charge in [-0.3, -0.25) is 14.9 Å². The summed E-state index contributed by atoms with van der Waals surface area (Å²) >= 11 is 12.3. The highest BCUT2D eigenvalue weighted by Gasteiger charge is 2.72. The van der Waals surface area contributed by atoms with Crippen LogP contribution < -0.4 is 10.6 Å². The first kappa shape index (κ1) is 22.5. The van der Waals surface area contributed by atoms with Gasteiger partial charge in [-0.2, -0.15) is 0 Å². The standard InChI is InChI=1S/C23H22Cl2FN3O4/c1-2-33-20(30)18-16(13-5-8-27-19(25)17(13)26)23(22(29-18)6-9-32-10-7-22)14-4-3-12(24)11-15(14)28-21(23)31/h3-5,8,11,16,18,29H,2,6-7,9-10H2,1H3,(H,28,31)/t16-,18+,23+/m0/s1. The number of ether oxygens (including phenoxy) is 2. The number of hydrogen-bond donors (Lipinski definition) is 2. The van der Waals surface area contributed by atoms with Crippen LogP contribution in [0.1, 0.15) is 36.8 Å². The molecule has 2 saturated heterocycles. The van der Waals surface area contributed by atoms with E-state index in [-0.39, 0.29) is 23.2 Å². The fourth-order valence-corrected chi connectivity index (χ4v) is 6.24. The van der Waals surface area contributed by atoms with E-state index < -0.39 is 34.7 Å². The average molecular weight is 494 g/mol. The molecule has 5 rings (SSSR count). The van der Waals surface area contributed by atoms with E-state index in [4.69, 9.17) is 32.7 Å². The number of halogens is 3. The van der Waals surface area contributed by atoms with Crippen LogP contribution in [0.5, 0.6) is 0 Å². The largest absolute Gasteiger partial charge is 0.465 e. The second kappa shape index (κ2) is 8.20. The molecule has 2 aromatic rings. The fraction of sp³-hybridized carbons (Fsp3) is 0.435. The van der Waals surface area contributed by atoms with Gasteiger partial charge in [-0.1, -0.05) is 29.3 Å². The number of pyridine rings is 1. The number of carbonyl (C=O) groups excluding carboxylic acids is 2. The number of nitrogens with zero attached hydrogens (tertiary/aromatic N) is 1. The van der Waals surface area contributed by atoms with Crippen molar-refractivity contribution >= 4 is 40.8 Å². The summed E-state index contributed by atoms with van der Waals surface area (Å²) in [5.41, 5.74) is -0.911. The molecule has 0 saturated carbocycles. The quantitative estimate of drug-likeness (QED) is 0.501. The number of amides is 1. The monoisotopic (exact) mass is 493 g/mol. The van der Waals surface area contributed by atoms with Crippen molar-refractivity contribution in [3.05, 3.63) is 57.6 Å². The Morgan fingerprint density at radius 3 is 2.79 bits per heavy atom. The van der Waals surface area contributed by atoms with Gasteiger partial charge in [-0.25, -0.2) is 9.37 Å². The molecular formula is C23H22Cl2FN3O4. The van der Waals surface area contributed by atoms with E-state index >= 15 is 4.39 Å². The zero-order valence-electron chi connectivity index (χ0n) is 17.8. The highest BCUT2D eigenvalue weighted by atomic mass is 35.5. The lowest BCUT2D eigenvalue weighted by molar-refractivity contribution is -0.146. The second-order valence-electron chi connectivity index (χ2n) is 8.50. The smallest absolute Gasteiger partial charge is 0.323 e. The van der Waals surface area contributed by atoms with Crippen LogP contribution >= 0.6 is 23.2 Å². The SMILES string of the molecule is CCOC(=O)[C@@H]1NC2(CCOCC2)[C@@]2(C(=O)Nc3cc(Cl)ccc32)[C@H]1c1ccnc(Cl)c1F. The van der Waals surface area contributed by atoms with Crippen LogP contribution in [0.2, 0.25) is 10.2 Å². The van der Waals surface area contributed by atoms with E-state index in [0.717, 1.165) is 0 Å². The molecule has 0 unspecified atom stereocenters. The Kier molecular flexibility index (Phi) is 5.60. The molecule has 1 aromatic heterocycles. The normalized spacial score (nSPS) is 27.6. The summed E-state index contributed by atoms with van der Waals surface area (Å²) in [6.45, 7) is 2.61. The first-order valence-electron chi connectivity index (χ1n) is 10.8. The number of fused-ring (bicyclic) bond motifs is 3. The van der Waals surface area contributed by atoms with E-state index in [2.05, 4.69) is 15.6 Å². The highest BCUT2D eigenvalue weighted by molar-refractivity contribution is 6.31. The van der Waals surface area contributed by atoms with Gasteiger partial charge in [0.25, 0.3) is 0 Å². The minimum Gasteiger partial charge on any atom is -0.465 e. The molecule has 3 aliphatic heterocycles. The van der Waals surface area contributed by atoms with Crippen LogP contribution in [-0.4, -0.2) is 48.3 Å². The summed E-state index contributed by atoms with van der Waals surface area (Å²) in [6, 6.07) is 5.61. The zero-order valence-corrected chi connectivity index (χ0v) is 19.3. The van der Waals surface area contributed by atoms with Crippen LogP contribution in [0.15, 0.2) is 30.5 Å². The third-order valence-corrected chi connectivity index (χ3v) is 7.60. The van der Waals surface area contributed by atoms with Gasteiger partial charge in [0, 0.05) is 41.6 Å². The lowest BCUT2D eigenvalue weighted by atomic mass is 9.57. The number of carbonyl (C=O) groups is 2. The molecule has 3 atom stereocenters. The second-order valence-corrected chi connectivity index (χ2v) is 9.30. The Bertz CT molecular complexity index is 1140. The number of benzene rings is 1. The topological polar surface area (TPSA) is 89.5 Å². The number of esters is 1. The summed E-state index contributed by atoms with van der Waals surface area (Å²) < 4.78 is 26.5. The average Bonchev–Trinajstić information content (AvgIpc) is 3.24. The fourth-order valence-electron chi connectivity index (χ4n) is 5.90. The number of anilines is 1. The van der Waals surface area contributed by atoms with E-state index in [1.807, 2.05) is 0 Å². The van der Waals surface area contributed by atoms with Crippen molar-refractivity contribution in [2.45, 2.75) is 42.7 Å². The maximum Gasteiger partial charge on any atom is 0.323 e. The Morgan fingerprint density at radius 1 is 1.30 bits per heavy atom. The highest BCUT2D eigenvalue weighted by Crippen LogP contribution is 2.61. The molecular weight excluding hydrogens is 472 g/mol. The van der Waals surface area contributed by atoms with Crippen molar-refractivity contribution in [3.8, 4) is 0 Å². The van der Waals surface area contributed by atoms with Crippen LogP contribution in [-0.2, 0) is 24.5 Å². The van der Waals surface area contributed by atoms with Crippen molar-refractivity contribution in [2.24, 2.45) is 0 Å². The first-order chi connectivity index (χ1) is 15.9. The van der Waals surface area contributed by atoms with Gasteiger partial charge < -0.3 is 14.8 Å².